The largest absolute Gasteiger partial charge is 0.507 e. The van der Waals surface area contributed by atoms with Crippen LogP contribution in [0, 0.1) is 0 Å². The van der Waals surface area contributed by atoms with E-state index >= 15 is 0 Å². The SMILES string of the molecule is COCC(C)(C)NC(=O)c1ccccc1O. The lowest BCUT2D eigenvalue weighted by Crippen LogP contribution is -2.46. The zero-order chi connectivity index (χ0) is 12.2. The molecule has 0 aliphatic carbocycles. The third-order valence-corrected chi connectivity index (χ3v) is 2.11. The molecule has 0 aliphatic heterocycles. The van der Waals surface area contributed by atoms with E-state index in [-0.39, 0.29) is 17.2 Å². The first-order chi connectivity index (χ1) is 7.46. The Kier molecular flexibility index (Phi) is 3.90. The summed E-state index contributed by atoms with van der Waals surface area (Å²) >= 11 is 0. The standard InChI is InChI=1S/C12H17NO3/c1-12(2,8-16-3)13-11(15)9-6-4-5-7-10(9)14/h4-7,14H,8H2,1-3H3,(H,13,15). The van der Waals surface area contributed by atoms with Crippen molar-refractivity contribution >= 4 is 5.91 Å². The summed E-state index contributed by atoms with van der Waals surface area (Å²) in [6.07, 6.45) is 0. The number of hydrogen-bond acceptors (Lipinski definition) is 3. The number of methoxy groups -OCH3 is 1. The quantitative estimate of drug-likeness (QED) is 0.814. The van der Waals surface area contributed by atoms with Gasteiger partial charge in [-0.2, -0.15) is 0 Å². The van der Waals surface area contributed by atoms with Gasteiger partial charge in [-0.25, -0.2) is 0 Å². The Labute approximate surface area is 95.2 Å². The summed E-state index contributed by atoms with van der Waals surface area (Å²) in [6, 6.07) is 6.44. The van der Waals surface area contributed by atoms with Crippen LogP contribution in [0.4, 0.5) is 0 Å². The fourth-order valence-corrected chi connectivity index (χ4v) is 1.44. The Hall–Kier alpha value is -1.55. The zero-order valence-corrected chi connectivity index (χ0v) is 9.78. The van der Waals surface area contributed by atoms with Gasteiger partial charge in [0.1, 0.15) is 5.75 Å². The molecule has 0 atom stereocenters. The number of carbonyl (C=O) groups is 1. The molecule has 16 heavy (non-hydrogen) atoms. The predicted octanol–water partition coefficient (Wildman–Crippen LogP) is 1.55. The molecule has 0 radical (unpaired) electrons. The fourth-order valence-electron chi connectivity index (χ4n) is 1.44. The summed E-state index contributed by atoms with van der Waals surface area (Å²) < 4.78 is 5.00. The number of aromatic hydroxyl groups is 1. The van der Waals surface area contributed by atoms with Gasteiger partial charge in [0, 0.05) is 7.11 Å². The highest BCUT2D eigenvalue weighted by Gasteiger charge is 2.22. The number of rotatable bonds is 4. The molecule has 2 N–H and O–H groups in total. The minimum atomic E-state index is -0.464. The second-order valence-electron chi connectivity index (χ2n) is 4.29. The summed E-state index contributed by atoms with van der Waals surface area (Å²) in [5.41, 5.74) is -0.194. The molecule has 0 aromatic heterocycles. The Morgan fingerprint density at radius 3 is 2.62 bits per heavy atom. The number of hydrogen-bond donors (Lipinski definition) is 2. The topological polar surface area (TPSA) is 58.6 Å². The number of ether oxygens (including phenoxy) is 1. The lowest BCUT2D eigenvalue weighted by molar-refractivity contribution is 0.0817. The number of benzene rings is 1. The van der Waals surface area contributed by atoms with Crippen LogP contribution in [0.5, 0.6) is 5.75 Å². The highest BCUT2D eigenvalue weighted by atomic mass is 16.5. The van der Waals surface area contributed by atoms with Crippen molar-refractivity contribution in [1.29, 1.82) is 0 Å². The molecule has 4 nitrogen and oxygen atoms in total. The molecule has 1 aromatic rings. The molecule has 88 valence electrons. The van der Waals surface area contributed by atoms with Gasteiger partial charge in [0.05, 0.1) is 17.7 Å². The van der Waals surface area contributed by atoms with Crippen LogP contribution in [-0.2, 0) is 4.74 Å². The molecule has 0 saturated heterocycles. The normalized spacial score (nSPS) is 11.2. The average Bonchev–Trinajstić information content (AvgIpc) is 2.17. The third kappa shape index (κ3) is 3.24. The molecule has 0 unspecified atom stereocenters. The van der Waals surface area contributed by atoms with E-state index in [1.165, 1.54) is 6.07 Å². The molecular formula is C12H17NO3. The number of phenols is 1. The van der Waals surface area contributed by atoms with Crippen LogP contribution in [0.3, 0.4) is 0 Å². The van der Waals surface area contributed by atoms with Gasteiger partial charge in [-0.3, -0.25) is 4.79 Å². The summed E-state index contributed by atoms with van der Waals surface area (Å²) in [5, 5.41) is 12.3. The highest BCUT2D eigenvalue weighted by Crippen LogP contribution is 2.16. The third-order valence-electron chi connectivity index (χ3n) is 2.11. The Balaban J connectivity index is 2.77. The van der Waals surface area contributed by atoms with Crippen molar-refractivity contribution in [3.05, 3.63) is 29.8 Å². The molecular weight excluding hydrogens is 206 g/mol. The van der Waals surface area contributed by atoms with E-state index in [1.807, 2.05) is 13.8 Å². The van der Waals surface area contributed by atoms with Gasteiger partial charge in [-0.05, 0) is 26.0 Å². The van der Waals surface area contributed by atoms with E-state index in [2.05, 4.69) is 5.32 Å². The van der Waals surface area contributed by atoms with Gasteiger partial charge in [0.2, 0.25) is 0 Å². The van der Waals surface area contributed by atoms with Crippen LogP contribution < -0.4 is 5.32 Å². The maximum atomic E-state index is 11.8. The summed E-state index contributed by atoms with van der Waals surface area (Å²) in [7, 11) is 1.58. The number of para-hydroxylation sites is 1. The second kappa shape index (κ2) is 4.99. The predicted molar refractivity (Wildman–Crippen MR) is 61.5 cm³/mol. The van der Waals surface area contributed by atoms with Crippen molar-refractivity contribution in [2.45, 2.75) is 19.4 Å². The van der Waals surface area contributed by atoms with Gasteiger partial charge >= 0.3 is 0 Å². The van der Waals surface area contributed by atoms with Gasteiger partial charge in [-0.1, -0.05) is 12.1 Å². The Bertz CT molecular complexity index is 374. The Morgan fingerprint density at radius 1 is 1.44 bits per heavy atom. The number of carbonyl (C=O) groups excluding carboxylic acids is 1. The van der Waals surface area contributed by atoms with Crippen molar-refractivity contribution in [2.75, 3.05) is 13.7 Å². The van der Waals surface area contributed by atoms with Gasteiger partial charge in [-0.15, -0.1) is 0 Å². The van der Waals surface area contributed by atoms with Crippen molar-refractivity contribution in [3.63, 3.8) is 0 Å². The van der Waals surface area contributed by atoms with Crippen molar-refractivity contribution in [2.24, 2.45) is 0 Å². The van der Waals surface area contributed by atoms with Gasteiger partial charge < -0.3 is 15.2 Å². The molecule has 1 rings (SSSR count). The van der Waals surface area contributed by atoms with Crippen LogP contribution in [0.25, 0.3) is 0 Å². The lowest BCUT2D eigenvalue weighted by Gasteiger charge is -2.25. The van der Waals surface area contributed by atoms with Crippen molar-refractivity contribution < 1.29 is 14.6 Å². The second-order valence-corrected chi connectivity index (χ2v) is 4.29. The smallest absolute Gasteiger partial charge is 0.255 e. The van der Waals surface area contributed by atoms with Crippen LogP contribution in [0.15, 0.2) is 24.3 Å². The monoisotopic (exact) mass is 223 g/mol. The maximum Gasteiger partial charge on any atom is 0.255 e. The molecule has 0 heterocycles. The first-order valence-electron chi connectivity index (χ1n) is 5.06. The van der Waals surface area contributed by atoms with Crippen LogP contribution in [-0.4, -0.2) is 30.3 Å². The fraction of sp³-hybridized carbons (Fsp3) is 0.417. The minimum absolute atomic E-state index is 0.0202. The molecule has 0 bridgehead atoms. The number of amides is 1. The first kappa shape index (κ1) is 12.5. The molecule has 0 spiro atoms. The van der Waals surface area contributed by atoms with Crippen LogP contribution in [0.1, 0.15) is 24.2 Å². The van der Waals surface area contributed by atoms with E-state index in [1.54, 1.807) is 25.3 Å². The molecule has 0 fully saturated rings. The maximum absolute atomic E-state index is 11.8. The number of nitrogens with one attached hydrogen (secondary N) is 1. The van der Waals surface area contributed by atoms with E-state index in [4.69, 9.17) is 4.74 Å². The summed E-state index contributed by atoms with van der Waals surface area (Å²) in [4.78, 5) is 11.8. The average molecular weight is 223 g/mol. The molecule has 0 aliphatic rings. The van der Waals surface area contributed by atoms with E-state index in [9.17, 15) is 9.90 Å². The lowest BCUT2D eigenvalue weighted by atomic mass is 10.1. The van der Waals surface area contributed by atoms with Gasteiger partial charge in [0.25, 0.3) is 5.91 Å². The summed E-state index contributed by atoms with van der Waals surface area (Å²) in [6.45, 7) is 4.12. The van der Waals surface area contributed by atoms with Crippen LogP contribution in [0.2, 0.25) is 0 Å². The first-order valence-corrected chi connectivity index (χ1v) is 5.06. The van der Waals surface area contributed by atoms with Gasteiger partial charge in [0.15, 0.2) is 0 Å². The molecule has 1 amide bonds. The zero-order valence-electron chi connectivity index (χ0n) is 9.78. The highest BCUT2D eigenvalue weighted by molar-refractivity contribution is 5.97. The van der Waals surface area contributed by atoms with Crippen molar-refractivity contribution in [1.82, 2.24) is 5.32 Å². The summed E-state index contributed by atoms with van der Waals surface area (Å²) in [5.74, 6) is -0.326. The molecule has 0 saturated carbocycles. The van der Waals surface area contributed by atoms with E-state index < -0.39 is 5.54 Å². The molecule has 4 heteroatoms. The van der Waals surface area contributed by atoms with E-state index in [0.717, 1.165) is 0 Å². The minimum Gasteiger partial charge on any atom is -0.507 e. The Morgan fingerprint density at radius 2 is 2.06 bits per heavy atom. The molecule has 1 aromatic carbocycles. The van der Waals surface area contributed by atoms with Crippen LogP contribution >= 0.6 is 0 Å². The van der Waals surface area contributed by atoms with Crippen molar-refractivity contribution in [3.8, 4) is 5.75 Å². The van der Waals surface area contributed by atoms with E-state index in [0.29, 0.717) is 6.61 Å². The number of phenolic OH excluding ortho intramolecular Hbond substituents is 1.